The van der Waals surface area contributed by atoms with E-state index < -0.39 is 0 Å². The second-order valence-corrected chi connectivity index (χ2v) is 4.83. The van der Waals surface area contributed by atoms with Crippen LogP contribution >= 0.6 is 0 Å². The molecule has 1 heterocycles. The largest absolute Gasteiger partial charge is 0.355 e. The molecular weight excluding hydrogens is 200 g/mol. The Labute approximate surface area is 96.6 Å². The summed E-state index contributed by atoms with van der Waals surface area (Å²) >= 11 is 0. The molecule has 2 atom stereocenters. The molecule has 1 saturated heterocycles. The molecule has 0 N–H and O–H groups in total. The summed E-state index contributed by atoms with van der Waals surface area (Å²) in [4.78, 5) is 0. The van der Waals surface area contributed by atoms with Crippen LogP contribution in [-0.2, 0) is 15.1 Å². The number of hydrogen-bond donors (Lipinski definition) is 0. The third kappa shape index (κ3) is 1.57. The van der Waals surface area contributed by atoms with Crippen molar-refractivity contribution in [1.29, 1.82) is 0 Å². The number of benzene rings is 1. The van der Waals surface area contributed by atoms with E-state index >= 15 is 0 Å². The van der Waals surface area contributed by atoms with E-state index in [9.17, 15) is 0 Å². The molecule has 2 aliphatic rings. The summed E-state index contributed by atoms with van der Waals surface area (Å²) in [6.45, 7) is 1.31. The quantitative estimate of drug-likeness (QED) is 0.721. The van der Waals surface area contributed by atoms with Crippen molar-refractivity contribution in [3.8, 4) is 0 Å². The second kappa shape index (κ2) is 4.19. The zero-order valence-corrected chi connectivity index (χ0v) is 9.52. The van der Waals surface area contributed by atoms with Gasteiger partial charge in [0, 0.05) is 5.92 Å². The molecule has 3 rings (SSSR count). The molecule has 0 bridgehead atoms. The van der Waals surface area contributed by atoms with Gasteiger partial charge < -0.3 is 9.47 Å². The molecule has 1 aliphatic heterocycles. The van der Waals surface area contributed by atoms with Crippen LogP contribution in [0.5, 0.6) is 0 Å². The van der Waals surface area contributed by atoms with Crippen molar-refractivity contribution in [1.82, 2.24) is 0 Å². The average molecular weight is 218 g/mol. The summed E-state index contributed by atoms with van der Waals surface area (Å²) in [5.74, 6) is 0.539. The molecule has 0 amide bonds. The number of ether oxygens (including phenoxy) is 2. The fraction of sp³-hybridized carbons (Fsp3) is 0.571. The summed E-state index contributed by atoms with van der Waals surface area (Å²) in [6.07, 6.45) is 4.96. The predicted octanol–water partition coefficient (Wildman–Crippen LogP) is 3.08. The minimum Gasteiger partial charge on any atom is -0.355 e. The molecule has 1 saturated carbocycles. The van der Waals surface area contributed by atoms with E-state index in [1.807, 2.05) is 0 Å². The van der Waals surface area contributed by atoms with E-state index in [-0.39, 0.29) is 5.60 Å². The lowest BCUT2D eigenvalue weighted by Gasteiger charge is -2.47. The highest BCUT2D eigenvalue weighted by Gasteiger charge is 2.45. The molecule has 0 spiro atoms. The van der Waals surface area contributed by atoms with Crippen LogP contribution in [0.25, 0.3) is 0 Å². The first-order valence-electron chi connectivity index (χ1n) is 6.19. The molecule has 2 nitrogen and oxygen atoms in total. The molecular formula is C14H18O2. The first kappa shape index (κ1) is 10.3. The van der Waals surface area contributed by atoms with Gasteiger partial charge in [-0.25, -0.2) is 0 Å². The van der Waals surface area contributed by atoms with Gasteiger partial charge in [0.05, 0.1) is 6.61 Å². The maximum absolute atomic E-state index is 6.03. The number of fused-ring (bicyclic) bond motifs is 1. The van der Waals surface area contributed by atoms with Gasteiger partial charge in [0.15, 0.2) is 0 Å². The van der Waals surface area contributed by atoms with Crippen LogP contribution in [0.3, 0.4) is 0 Å². The molecule has 0 unspecified atom stereocenters. The van der Waals surface area contributed by atoms with Crippen molar-refractivity contribution in [3.05, 3.63) is 35.9 Å². The van der Waals surface area contributed by atoms with E-state index in [1.165, 1.54) is 24.8 Å². The lowest BCUT2D eigenvalue weighted by Crippen LogP contribution is -2.47. The Morgan fingerprint density at radius 3 is 2.88 bits per heavy atom. The SMILES string of the molecule is c1ccc([C@]23CCCC[C@H]2COCO3)cc1. The van der Waals surface area contributed by atoms with Crippen LogP contribution in [0.2, 0.25) is 0 Å². The van der Waals surface area contributed by atoms with Gasteiger partial charge in [0.2, 0.25) is 0 Å². The second-order valence-electron chi connectivity index (χ2n) is 4.83. The van der Waals surface area contributed by atoms with Crippen molar-refractivity contribution in [3.63, 3.8) is 0 Å². The van der Waals surface area contributed by atoms with E-state index in [0.717, 1.165) is 13.0 Å². The Kier molecular flexibility index (Phi) is 2.70. The summed E-state index contributed by atoms with van der Waals surface area (Å²) in [5.41, 5.74) is 1.28. The van der Waals surface area contributed by atoms with Crippen molar-refractivity contribution in [2.24, 2.45) is 5.92 Å². The van der Waals surface area contributed by atoms with Gasteiger partial charge >= 0.3 is 0 Å². The van der Waals surface area contributed by atoms with Crippen molar-refractivity contribution < 1.29 is 9.47 Å². The van der Waals surface area contributed by atoms with Crippen LogP contribution in [0.4, 0.5) is 0 Å². The maximum atomic E-state index is 6.03. The van der Waals surface area contributed by atoms with Gasteiger partial charge in [-0.3, -0.25) is 0 Å². The van der Waals surface area contributed by atoms with Crippen molar-refractivity contribution >= 4 is 0 Å². The molecule has 1 aromatic carbocycles. The summed E-state index contributed by atoms with van der Waals surface area (Å²) < 4.78 is 11.5. The van der Waals surface area contributed by atoms with E-state index in [1.54, 1.807) is 0 Å². The smallest absolute Gasteiger partial charge is 0.147 e. The topological polar surface area (TPSA) is 18.5 Å². The number of rotatable bonds is 1. The lowest BCUT2D eigenvalue weighted by atomic mass is 9.71. The molecule has 0 radical (unpaired) electrons. The Morgan fingerprint density at radius 1 is 1.12 bits per heavy atom. The van der Waals surface area contributed by atoms with Crippen LogP contribution in [0, 0.1) is 5.92 Å². The monoisotopic (exact) mass is 218 g/mol. The van der Waals surface area contributed by atoms with Crippen LogP contribution < -0.4 is 0 Å². The molecule has 16 heavy (non-hydrogen) atoms. The Morgan fingerprint density at radius 2 is 2.00 bits per heavy atom. The zero-order chi connectivity index (χ0) is 10.8. The fourth-order valence-corrected chi connectivity index (χ4v) is 3.14. The van der Waals surface area contributed by atoms with Gasteiger partial charge in [-0.1, -0.05) is 43.2 Å². The first-order valence-corrected chi connectivity index (χ1v) is 6.19. The van der Waals surface area contributed by atoms with Gasteiger partial charge in [-0.05, 0) is 18.4 Å². The molecule has 86 valence electrons. The van der Waals surface area contributed by atoms with Gasteiger partial charge in [-0.15, -0.1) is 0 Å². The number of hydrogen-bond acceptors (Lipinski definition) is 2. The molecule has 0 aromatic heterocycles. The Bertz CT molecular complexity index is 335. The summed E-state index contributed by atoms with van der Waals surface area (Å²) in [5, 5.41) is 0. The van der Waals surface area contributed by atoms with Crippen LogP contribution in [0.1, 0.15) is 31.2 Å². The third-order valence-electron chi connectivity index (χ3n) is 3.99. The highest BCUT2D eigenvalue weighted by Crippen LogP contribution is 2.46. The molecule has 1 aliphatic carbocycles. The minimum absolute atomic E-state index is 0.0578. The third-order valence-corrected chi connectivity index (χ3v) is 3.99. The molecule has 2 fully saturated rings. The summed E-state index contributed by atoms with van der Waals surface area (Å²) in [7, 11) is 0. The lowest BCUT2D eigenvalue weighted by molar-refractivity contribution is -0.244. The van der Waals surface area contributed by atoms with Crippen molar-refractivity contribution in [2.45, 2.75) is 31.3 Å². The van der Waals surface area contributed by atoms with Crippen molar-refractivity contribution in [2.75, 3.05) is 13.4 Å². The minimum atomic E-state index is -0.0578. The van der Waals surface area contributed by atoms with Gasteiger partial charge in [-0.2, -0.15) is 0 Å². The van der Waals surface area contributed by atoms with Gasteiger partial charge in [0.1, 0.15) is 12.4 Å². The Balaban J connectivity index is 1.98. The molecule has 2 heteroatoms. The van der Waals surface area contributed by atoms with E-state index in [0.29, 0.717) is 12.7 Å². The highest BCUT2D eigenvalue weighted by molar-refractivity contribution is 5.24. The van der Waals surface area contributed by atoms with E-state index in [4.69, 9.17) is 9.47 Å². The average Bonchev–Trinajstić information content (AvgIpc) is 2.40. The molecule has 1 aromatic rings. The van der Waals surface area contributed by atoms with Gasteiger partial charge in [0.25, 0.3) is 0 Å². The summed E-state index contributed by atoms with van der Waals surface area (Å²) in [6, 6.07) is 10.7. The zero-order valence-electron chi connectivity index (χ0n) is 9.52. The first-order chi connectivity index (χ1) is 7.92. The predicted molar refractivity (Wildman–Crippen MR) is 62.0 cm³/mol. The highest BCUT2D eigenvalue weighted by atomic mass is 16.7. The van der Waals surface area contributed by atoms with E-state index in [2.05, 4.69) is 30.3 Å². The maximum Gasteiger partial charge on any atom is 0.147 e. The van der Waals surface area contributed by atoms with Crippen LogP contribution in [-0.4, -0.2) is 13.4 Å². The standard InChI is InChI=1S/C14H18O2/c1-2-6-12(7-3-1)14-9-5-4-8-13(14)10-15-11-16-14/h1-3,6-7,13H,4-5,8-11H2/t13-,14+/m0/s1. The Hall–Kier alpha value is -0.860. The fourth-order valence-electron chi connectivity index (χ4n) is 3.14. The normalized spacial score (nSPS) is 34.4. The van der Waals surface area contributed by atoms with Crippen LogP contribution in [0.15, 0.2) is 30.3 Å².